The Bertz CT molecular complexity index is 678. The van der Waals surface area contributed by atoms with Gasteiger partial charge in [0.05, 0.1) is 19.3 Å². The number of nitrogens with two attached hydrogens (primary N) is 1. The van der Waals surface area contributed by atoms with Crippen LogP contribution in [0.1, 0.15) is 5.56 Å². The summed E-state index contributed by atoms with van der Waals surface area (Å²) < 4.78 is 12.5. The average molecular weight is 359 g/mol. The van der Waals surface area contributed by atoms with Crippen LogP contribution in [0.3, 0.4) is 0 Å². The number of anilines is 2. The first-order valence-corrected chi connectivity index (χ1v) is 9.14. The highest BCUT2D eigenvalue weighted by Gasteiger charge is 2.17. The van der Waals surface area contributed by atoms with Crippen molar-refractivity contribution in [3.05, 3.63) is 36.0 Å². The molecule has 26 heavy (non-hydrogen) atoms. The maximum atomic E-state index is 6.02. The van der Waals surface area contributed by atoms with Gasteiger partial charge in [-0.3, -0.25) is 4.90 Å². The highest BCUT2D eigenvalue weighted by atomic mass is 16.5. The van der Waals surface area contributed by atoms with Gasteiger partial charge in [0.15, 0.2) is 0 Å². The summed E-state index contributed by atoms with van der Waals surface area (Å²) in [5.74, 6) is 1.66. The summed E-state index contributed by atoms with van der Waals surface area (Å²) in [4.78, 5) is 4.89. The van der Waals surface area contributed by atoms with E-state index in [0.717, 1.165) is 56.4 Å². The Morgan fingerprint density at radius 3 is 2.38 bits per heavy atom. The molecule has 1 aromatic heterocycles. The highest BCUT2D eigenvalue weighted by molar-refractivity contribution is 5.49. The van der Waals surface area contributed by atoms with Crippen LogP contribution < -0.4 is 15.4 Å². The third-order valence-electron chi connectivity index (χ3n) is 4.83. The first-order chi connectivity index (χ1) is 12.7. The number of ether oxygens (including phenoxy) is 2. The van der Waals surface area contributed by atoms with Gasteiger partial charge in [0.2, 0.25) is 0 Å². The fraction of sp³-hybridized carbons (Fsp3) is 0.526. The van der Waals surface area contributed by atoms with Crippen LogP contribution in [0.5, 0.6) is 5.75 Å². The van der Waals surface area contributed by atoms with Gasteiger partial charge in [-0.25, -0.2) is 4.68 Å². The SMILES string of the molecule is COCCOc1ccc(N2CCN(CCn3ncc(C)c3N)CC2)cc1. The molecule has 3 rings (SSSR count). The quantitative estimate of drug-likeness (QED) is 0.723. The van der Waals surface area contributed by atoms with Gasteiger partial charge < -0.3 is 20.1 Å². The number of rotatable bonds is 8. The molecule has 0 radical (unpaired) electrons. The van der Waals surface area contributed by atoms with Gasteiger partial charge in [0, 0.05) is 51.1 Å². The maximum Gasteiger partial charge on any atom is 0.124 e. The van der Waals surface area contributed by atoms with Crippen LogP contribution in [-0.2, 0) is 11.3 Å². The number of aryl methyl sites for hydroxylation is 1. The summed E-state index contributed by atoms with van der Waals surface area (Å²) in [6.07, 6.45) is 1.83. The molecule has 1 aliphatic heterocycles. The predicted octanol–water partition coefficient (Wildman–Crippen LogP) is 1.62. The summed E-state index contributed by atoms with van der Waals surface area (Å²) in [5.41, 5.74) is 8.32. The van der Waals surface area contributed by atoms with E-state index in [-0.39, 0.29) is 0 Å². The van der Waals surface area contributed by atoms with E-state index < -0.39 is 0 Å². The van der Waals surface area contributed by atoms with E-state index >= 15 is 0 Å². The monoisotopic (exact) mass is 359 g/mol. The average Bonchev–Trinajstić information content (AvgIpc) is 3.00. The first-order valence-electron chi connectivity index (χ1n) is 9.14. The van der Waals surface area contributed by atoms with E-state index in [4.69, 9.17) is 15.2 Å². The van der Waals surface area contributed by atoms with E-state index in [0.29, 0.717) is 13.2 Å². The molecule has 0 amide bonds. The number of aromatic nitrogens is 2. The molecule has 1 saturated heterocycles. The fourth-order valence-corrected chi connectivity index (χ4v) is 3.13. The lowest BCUT2D eigenvalue weighted by Crippen LogP contribution is -2.47. The zero-order valence-corrected chi connectivity index (χ0v) is 15.7. The molecular formula is C19H29N5O2. The maximum absolute atomic E-state index is 6.02. The van der Waals surface area contributed by atoms with E-state index in [9.17, 15) is 0 Å². The molecule has 0 aliphatic carbocycles. The second kappa shape index (κ2) is 8.91. The number of piperazine rings is 1. The van der Waals surface area contributed by atoms with Crippen molar-refractivity contribution in [2.24, 2.45) is 0 Å². The standard InChI is InChI=1S/C19H29N5O2/c1-16-15-21-24(19(16)20)12-9-22-7-10-23(11-8-22)17-3-5-18(6-4-17)26-14-13-25-2/h3-6,15H,7-14,20H2,1-2H3. The van der Waals surface area contributed by atoms with Gasteiger partial charge in [0.25, 0.3) is 0 Å². The number of hydrogen-bond donors (Lipinski definition) is 1. The molecule has 0 bridgehead atoms. The largest absolute Gasteiger partial charge is 0.491 e. The highest BCUT2D eigenvalue weighted by Crippen LogP contribution is 2.21. The molecule has 1 aromatic carbocycles. The summed E-state index contributed by atoms with van der Waals surface area (Å²) in [6, 6.07) is 8.32. The number of nitrogens with zero attached hydrogens (tertiary/aromatic N) is 4. The molecule has 0 spiro atoms. The Morgan fingerprint density at radius 2 is 1.77 bits per heavy atom. The van der Waals surface area contributed by atoms with Crippen LogP contribution in [0.4, 0.5) is 11.5 Å². The third-order valence-corrected chi connectivity index (χ3v) is 4.83. The molecule has 142 valence electrons. The van der Waals surface area contributed by atoms with Gasteiger partial charge in [-0.2, -0.15) is 5.10 Å². The zero-order valence-electron chi connectivity index (χ0n) is 15.7. The van der Waals surface area contributed by atoms with Gasteiger partial charge in [-0.1, -0.05) is 0 Å². The van der Waals surface area contributed by atoms with E-state index in [1.807, 2.05) is 29.9 Å². The minimum absolute atomic E-state index is 0.578. The second-order valence-corrected chi connectivity index (χ2v) is 6.60. The summed E-state index contributed by atoms with van der Waals surface area (Å²) in [6.45, 7) is 9.14. The molecule has 7 heteroatoms. The number of benzene rings is 1. The third kappa shape index (κ3) is 4.68. The number of nitrogen functional groups attached to an aromatic ring is 1. The van der Waals surface area contributed by atoms with Crippen molar-refractivity contribution >= 4 is 11.5 Å². The van der Waals surface area contributed by atoms with Gasteiger partial charge >= 0.3 is 0 Å². The van der Waals surface area contributed by atoms with Crippen molar-refractivity contribution < 1.29 is 9.47 Å². The lowest BCUT2D eigenvalue weighted by Gasteiger charge is -2.36. The minimum atomic E-state index is 0.578. The topological polar surface area (TPSA) is 68.8 Å². The number of methoxy groups -OCH3 is 1. The van der Waals surface area contributed by atoms with Crippen molar-refractivity contribution in [3.8, 4) is 5.75 Å². The van der Waals surface area contributed by atoms with Crippen LogP contribution in [0.25, 0.3) is 0 Å². The Morgan fingerprint density at radius 1 is 1.04 bits per heavy atom. The van der Waals surface area contributed by atoms with E-state index in [1.54, 1.807) is 7.11 Å². The van der Waals surface area contributed by atoms with Crippen LogP contribution in [0.2, 0.25) is 0 Å². The van der Waals surface area contributed by atoms with Crippen LogP contribution in [0.15, 0.2) is 30.5 Å². The van der Waals surface area contributed by atoms with Crippen LogP contribution >= 0.6 is 0 Å². The normalized spacial score (nSPS) is 15.4. The zero-order chi connectivity index (χ0) is 18.4. The molecule has 0 atom stereocenters. The summed E-state index contributed by atoms with van der Waals surface area (Å²) in [5, 5.41) is 4.33. The molecule has 2 N–H and O–H groups in total. The van der Waals surface area contributed by atoms with E-state index in [1.165, 1.54) is 5.69 Å². The lowest BCUT2D eigenvalue weighted by molar-refractivity contribution is 0.146. The Balaban J connectivity index is 1.43. The van der Waals surface area contributed by atoms with Crippen molar-refractivity contribution in [3.63, 3.8) is 0 Å². The Labute approximate surface area is 155 Å². The molecule has 1 fully saturated rings. The predicted molar refractivity (Wildman–Crippen MR) is 104 cm³/mol. The van der Waals surface area contributed by atoms with Gasteiger partial charge in [0.1, 0.15) is 18.2 Å². The van der Waals surface area contributed by atoms with Crippen LogP contribution in [-0.4, -0.2) is 67.7 Å². The second-order valence-electron chi connectivity index (χ2n) is 6.60. The number of hydrogen-bond acceptors (Lipinski definition) is 6. The van der Waals surface area contributed by atoms with Gasteiger partial charge in [-0.05, 0) is 31.2 Å². The first kappa shape index (κ1) is 18.5. The molecule has 1 aliphatic rings. The minimum Gasteiger partial charge on any atom is -0.491 e. The molecule has 0 saturated carbocycles. The van der Waals surface area contributed by atoms with Gasteiger partial charge in [-0.15, -0.1) is 0 Å². The Kier molecular flexibility index (Phi) is 6.35. The molecule has 2 aromatic rings. The van der Waals surface area contributed by atoms with Crippen molar-refractivity contribution in [2.45, 2.75) is 13.5 Å². The molecule has 2 heterocycles. The molecular weight excluding hydrogens is 330 g/mol. The smallest absolute Gasteiger partial charge is 0.124 e. The van der Waals surface area contributed by atoms with Crippen LogP contribution in [0, 0.1) is 6.92 Å². The Hall–Kier alpha value is -2.25. The summed E-state index contributed by atoms with van der Waals surface area (Å²) in [7, 11) is 1.68. The van der Waals surface area contributed by atoms with Crippen molar-refractivity contribution in [2.75, 3.05) is 63.7 Å². The molecule has 7 nitrogen and oxygen atoms in total. The van der Waals surface area contributed by atoms with E-state index in [2.05, 4.69) is 27.0 Å². The summed E-state index contributed by atoms with van der Waals surface area (Å²) >= 11 is 0. The lowest BCUT2D eigenvalue weighted by atomic mass is 10.2. The van der Waals surface area contributed by atoms with Crippen molar-refractivity contribution in [1.82, 2.24) is 14.7 Å². The fourth-order valence-electron chi connectivity index (χ4n) is 3.13. The van der Waals surface area contributed by atoms with Crippen molar-refractivity contribution in [1.29, 1.82) is 0 Å². The molecule has 0 unspecified atom stereocenters.